The number of carbonyl (C=O) groups excluding carboxylic acids is 1. The molecule has 4 heteroatoms. The molecule has 0 saturated carbocycles. The summed E-state index contributed by atoms with van der Waals surface area (Å²) in [7, 11) is 0. The molecule has 0 aromatic heterocycles. The highest BCUT2D eigenvalue weighted by atomic mass is 16.5. The second-order valence-electron chi connectivity index (χ2n) is 6.10. The van der Waals surface area contributed by atoms with Gasteiger partial charge < -0.3 is 14.8 Å². The van der Waals surface area contributed by atoms with E-state index in [-0.39, 0.29) is 17.9 Å². The normalized spacial score (nSPS) is 16.4. The van der Waals surface area contributed by atoms with Crippen molar-refractivity contribution in [3.8, 4) is 11.5 Å². The summed E-state index contributed by atoms with van der Waals surface area (Å²) in [5, 5.41) is 3.10. The number of benzene rings is 2. The molecule has 0 aliphatic carbocycles. The summed E-state index contributed by atoms with van der Waals surface area (Å²) in [4.78, 5) is 12.3. The zero-order valence-electron chi connectivity index (χ0n) is 13.9. The van der Waals surface area contributed by atoms with Gasteiger partial charge in [0.25, 0.3) is 0 Å². The van der Waals surface area contributed by atoms with E-state index in [4.69, 9.17) is 9.47 Å². The van der Waals surface area contributed by atoms with Crippen LogP contribution in [0.5, 0.6) is 11.5 Å². The van der Waals surface area contributed by atoms with Crippen LogP contribution in [0.15, 0.2) is 54.6 Å². The van der Waals surface area contributed by atoms with Gasteiger partial charge in [0, 0.05) is 19.1 Å². The van der Waals surface area contributed by atoms with Crippen LogP contribution in [0.2, 0.25) is 0 Å². The van der Waals surface area contributed by atoms with E-state index < -0.39 is 0 Å². The molecule has 1 fully saturated rings. The van der Waals surface area contributed by atoms with Gasteiger partial charge in [0.05, 0.1) is 6.04 Å². The molecule has 0 bridgehead atoms. The quantitative estimate of drug-likeness (QED) is 0.901. The van der Waals surface area contributed by atoms with Gasteiger partial charge >= 0.3 is 0 Å². The Morgan fingerprint density at radius 2 is 1.67 bits per heavy atom. The molecule has 1 heterocycles. The van der Waals surface area contributed by atoms with Gasteiger partial charge in [0.1, 0.15) is 11.5 Å². The van der Waals surface area contributed by atoms with Gasteiger partial charge in [-0.1, -0.05) is 30.3 Å². The lowest BCUT2D eigenvalue weighted by Gasteiger charge is -2.23. The summed E-state index contributed by atoms with van der Waals surface area (Å²) in [5.41, 5.74) is 1.07. The summed E-state index contributed by atoms with van der Waals surface area (Å²) in [5.74, 6) is 1.79. The molecule has 1 aliphatic heterocycles. The maximum absolute atomic E-state index is 12.3. The van der Waals surface area contributed by atoms with Crippen molar-refractivity contribution in [1.82, 2.24) is 5.32 Å². The number of carbonyl (C=O) groups is 1. The molecular weight excluding hydrogens is 302 g/mol. The van der Waals surface area contributed by atoms with Crippen molar-refractivity contribution < 1.29 is 14.3 Å². The van der Waals surface area contributed by atoms with Crippen LogP contribution in [0.4, 0.5) is 0 Å². The van der Waals surface area contributed by atoms with Crippen LogP contribution < -0.4 is 10.1 Å². The molecule has 0 radical (unpaired) electrons. The lowest BCUT2D eigenvalue weighted by molar-refractivity contribution is -0.128. The molecule has 126 valence electrons. The summed E-state index contributed by atoms with van der Waals surface area (Å²) in [6.45, 7) is 3.36. The molecule has 1 N–H and O–H groups in total. The Labute approximate surface area is 142 Å². The van der Waals surface area contributed by atoms with E-state index in [9.17, 15) is 4.79 Å². The lowest BCUT2D eigenvalue weighted by atomic mass is 9.98. The standard InChI is InChI=1S/C20H23NO3/c1-15(21-20(22)17-11-13-23-14-12-17)16-7-9-19(10-8-16)24-18-5-3-2-4-6-18/h2-10,15,17H,11-14H2,1H3,(H,21,22). The fourth-order valence-corrected chi connectivity index (χ4v) is 2.82. The van der Waals surface area contributed by atoms with Crippen LogP contribution in [0.25, 0.3) is 0 Å². The highest BCUT2D eigenvalue weighted by molar-refractivity contribution is 5.79. The number of para-hydroxylation sites is 1. The second kappa shape index (κ2) is 7.97. The Morgan fingerprint density at radius 3 is 2.33 bits per heavy atom. The van der Waals surface area contributed by atoms with Crippen molar-refractivity contribution in [2.45, 2.75) is 25.8 Å². The van der Waals surface area contributed by atoms with Crippen LogP contribution in [-0.2, 0) is 9.53 Å². The average molecular weight is 325 g/mol. The van der Waals surface area contributed by atoms with Crippen molar-refractivity contribution in [2.24, 2.45) is 5.92 Å². The highest BCUT2D eigenvalue weighted by Crippen LogP contribution is 2.24. The Bertz CT molecular complexity index is 648. The predicted octanol–water partition coefficient (Wildman–Crippen LogP) is 4.08. The number of nitrogens with one attached hydrogen (secondary N) is 1. The number of ether oxygens (including phenoxy) is 2. The molecule has 3 rings (SSSR count). The fourth-order valence-electron chi connectivity index (χ4n) is 2.82. The number of hydrogen-bond acceptors (Lipinski definition) is 3. The van der Waals surface area contributed by atoms with Crippen LogP contribution >= 0.6 is 0 Å². The Balaban J connectivity index is 1.57. The third-order valence-electron chi connectivity index (χ3n) is 4.31. The van der Waals surface area contributed by atoms with Crippen molar-refractivity contribution in [2.75, 3.05) is 13.2 Å². The monoisotopic (exact) mass is 325 g/mol. The number of rotatable bonds is 5. The van der Waals surface area contributed by atoms with E-state index in [1.54, 1.807) is 0 Å². The first-order chi connectivity index (χ1) is 11.7. The zero-order valence-corrected chi connectivity index (χ0v) is 13.9. The van der Waals surface area contributed by atoms with Crippen LogP contribution in [0.1, 0.15) is 31.4 Å². The molecule has 2 aromatic rings. The Hall–Kier alpha value is -2.33. The first-order valence-corrected chi connectivity index (χ1v) is 8.43. The number of amides is 1. The van der Waals surface area contributed by atoms with Gasteiger partial charge in [-0.3, -0.25) is 4.79 Å². The fraction of sp³-hybridized carbons (Fsp3) is 0.350. The van der Waals surface area contributed by atoms with Gasteiger partial charge in [-0.15, -0.1) is 0 Å². The molecule has 24 heavy (non-hydrogen) atoms. The van der Waals surface area contributed by atoms with Crippen molar-refractivity contribution in [3.63, 3.8) is 0 Å². The van der Waals surface area contributed by atoms with Crippen molar-refractivity contribution in [3.05, 3.63) is 60.2 Å². The minimum Gasteiger partial charge on any atom is -0.457 e. The maximum Gasteiger partial charge on any atom is 0.223 e. The SMILES string of the molecule is CC(NC(=O)C1CCOCC1)c1ccc(Oc2ccccc2)cc1. The van der Waals surface area contributed by atoms with E-state index in [2.05, 4.69) is 5.32 Å². The molecule has 0 spiro atoms. The van der Waals surface area contributed by atoms with E-state index >= 15 is 0 Å². The first-order valence-electron chi connectivity index (χ1n) is 8.43. The lowest BCUT2D eigenvalue weighted by Crippen LogP contribution is -2.35. The van der Waals surface area contributed by atoms with Crippen LogP contribution in [0, 0.1) is 5.92 Å². The molecule has 1 saturated heterocycles. The second-order valence-corrected chi connectivity index (χ2v) is 6.10. The third kappa shape index (κ3) is 4.36. The molecule has 1 unspecified atom stereocenters. The first kappa shape index (κ1) is 16.5. The molecular formula is C20H23NO3. The molecule has 2 aromatic carbocycles. The summed E-state index contributed by atoms with van der Waals surface area (Å²) < 4.78 is 11.1. The molecule has 1 aliphatic rings. The minimum atomic E-state index is -0.0221. The van der Waals surface area contributed by atoms with E-state index in [1.807, 2.05) is 61.5 Å². The molecule has 1 amide bonds. The van der Waals surface area contributed by atoms with Crippen molar-refractivity contribution >= 4 is 5.91 Å². The highest BCUT2D eigenvalue weighted by Gasteiger charge is 2.22. The van der Waals surface area contributed by atoms with E-state index in [1.165, 1.54) is 0 Å². The number of hydrogen-bond donors (Lipinski definition) is 1. The van der Waals surface area contributed by atoms with Gasteiger partial charge in [0.2, 0.25) is 5.91 Å². The molecule has 4 nitrogen and oxygen atoms in total. The van der Waals surface area contributed by atoms with Crippen molar-refractivity contribution in [1.29, 1.82) is 0 Å². The Morgan fingerprint density at radius 1 is 1.04 bits per heavy atom. The largest absolute Gasteiger partial charge is 0.457 e. The van der Waals surface area contributed by atoms with Gasteiger partial charge in [-0.25, -0.2) is 0 Å². The summed E-state index contributed by atoms with van der Waals surface area (Å²) in [6.07, 6.45) is 1.62. The summed E-state index contributed by atoms with van der Waals surface area (Å²) in [6, 6.07) is 17.5. The van der Waals surface area contributed by atoms with E-state index in [0.29, 0.717) is 13.2 Å². The van der Waals surface area contributed by atoms with E-state index in [0.717, 1.165) is 29.9 Å². The smallest absolute Gasteiger partial charge is 0.223 e. The van der Waals surface area contributed by atoms with Crippen LogP contribution in [-0.4, -0.2) is 19.1 Å². The topological polar surface area (TPSA) is 47.6 Å². The molecule has 1 atom stereocenters. The van der Waals surface area contributed by atoms with Gasteiger partial charge in [-0.05, 0) is 49.6 Å². The zero-order chi connectivity index (χ0) is 16.8. The van der Waals surface area contributed by atoms with Gasteiger partial charge in [-0.2, -0.15) is 0 Å². The predicted molar refractivity (Wildman–Crippen MR) is 93.1 cm³/mol. The Kier molecular flexibility index (Phi) is 5.49. The third-order valence-corrected chi connectivity index (χ3v) is 4.31. The summed E-state index contributed by atoms with van der Waals surface area (Å²) >= 11 is 0. The van der Waals surface area contributed by atoms with Crippen LogP contribution in [0.3, 0.4) is 0 Å². The van der Waals surface area contributed by atoms with Gasteiger partial charge in [0.15, 0.2) is 0 Å². The maximum atomic E-state index is 12.3. The average Bonchev–Trinajstić information content (AvgIpc) is 2.64. The minimum absolute atomic E-state index is 0.0221.